The first kappa shape index (κ1) is 15.7. The van der Waals surface area contributed by atoms with Crippen LogP contribution in [0.2, 0.25) is 5.02 Å². The van der Waals surface area contributed by atoms with E-state index in [0.29, 0.717) is 17.2 Å². The number of nitrogens with one attached hydrogen (secondary N) is 1. The molecular weight excluding hydrogens is 321 g/mol. The highest BCUT2D eigenvalue weighted by atomic mass is 35.5. The molecule has 23 heavy (non-hydrogen) atoms. The van der Waals surface area contributed by atoms with Gasteiger partial charge in [0.05, 0.1) is 7.11 Å². The minimum atomic E-state index is -0.617. The summed E-state index contributed by atoms with van der Waals surface area (Å²) in [5.41, 5.74) is 0.511. The van der Waals surface area contributed by atoms with Gasteiger partial charge in [0.25, 0.3) is 0 Å². The average molecular weight is 336 g/mol. The third-order valence-electron chi connectivity index (χ3n) is 3.59. The zero-order valence-corrected chi connectivity index (χ0v) is 13.2. The predicted molar refractivity (Wildman–Crippen MR) is 84.1 cm³/mol. The Balaban J connectivity index is 1.89. The Morgan fingerprint density at radius 2 is 2.13 bits per heavy atom. The fourth-order valence-electron chi connectivity index (χ4n) is 2.16. The van der Waals surface area contributed by atoms with Gasteiger partial charge in [-0.15, -0.1) is 0 Å². The summed E-state index contributed by atoms with van der Waals surface area (Å²) in [6, 6.07) is 6.42. The Kier molecular flexibility index (Phi) is 4.43. The molecule has 3 rings (SSSR count). The predicted octanol–water partition coefficient (Wildman–Crippen LogP) is 3.55. The molecule has 1 aromatic heterocycles. The van der Waals surface area contributed by atoms with Crippen molar-refractivity contribution in [2.75, 3.05) is 12.4 Å². The molecule has 1 heterocycles. The van der Waals surface area contributed by atoms with Crippen LogP contribution in [-0.2, 0) is 11.3 Å². The van der Waals surface area contributed by atoms with Crippen molar-refractivity contribution in [2.45, 2.75) is 25.3 Å². The maximum Gasteiger partial charge on any atom is 0.358 e. The van der Waals surface area contributed by atoms with Gasteiger partial charge in [-0.1, -0.05) is 29.8 Å². The van der Waals surface area contributed by atoms with E-state index in [-0.39, 0.29) is 29.0 Å². The monoisotopic (exact) mass is 335 g/mol. The lowest BCUT2D eigenvalue weighted by molar-refractivity contribution is 0.0593. The second-order valence-corrected chi connectivity index (χ2v) is 5.68. The van der Waals surface area contributed by atoms with E-state index in [2.05, 4.69) is 15.3 Å². The second kappa shape index (κ2) is 6.50. The molecule has 2 aromatic rings. The van der Waals surface area contributed by atoms with Gasteiger partial charge >= 0.3 is 5.97 Å². The van der Waals surface area contributed by atoms with Crippen LogP contribution >= 0.6 is 11.6 Å². The summed E-state index contributed by atoms with van der Waals surface area (Å²) in [6.45, 7) is 0.203. The van der Waals surface area contributed by atoms with Crippen LogP contribution in [0.15, 0.2) is 24.3 Å². The van der Waals surface area contributed by atoms with Gasteiger partial charge in [-0.05, 0) is 18.9 Å². The van der Waals surface area contributed by atoms with Gasteiger partial charge in [0.1, 0.15) is 22.5 Å². The van der Waals surface area contributed by atoms with E-state index in [4.69, 9.17) is 16.3 Å². The molecule has 5 nitrogen and oxygen atoms in total. The van der Waals surface area contributed by atoms with Crippen molar-refractivity contribution in [2.24, 2.45) is 0 Å². The molecule has 120 valence electrons. The van der Waals surface area contributed by atoms with Crippen molar-refractivity contribution in [1.29, 1.82) is 0 Å². The number of benzene rings is 1. The first-order chi connectivity index (χ1) is 11.1. The Labute approximate surface area is 137 Å². The van der Waals surface area contributed by atoms with Crippen LogP contribution in [0.4, 0.5) is 10.2 Å². The van der Waals surface area contributed by atoms with Crippen molar-refractivity contribution in [3.8, 4) is 0 Å². The van der Waals surface area contributed by atoms with Gasteiger partial charge in [-0.25, -0.2) is 19.2 Å². The summed E-state index contributed by atoms with van der Waals surface area (Å²) in [5, 5.41) is 3.06. The molecule has 1 aromatic carbocycles. The Bertz CT molecular complexity index is 750. The number of carbonyl (C=O) groups is 1. The van der Waals surface area contributed by atoms with Gasteiger partial charge in [0.15, 0.2) is 5.69 Å². The fourth-order valence-corrected chi connectivity index (χ4v) is 2.39. The number of ether oxygens (including phenoxy) is 1. The molecule has 0 aliphatic heterocycles. The van der Waals surface area contributed by atoms with Gasteiger partial charge < -0.3 is 10.1 Å². The summed E-state index contributed by atoms with van der Waals surface area (Å²) >= 11 is 6.20. The third-order valence-corrected chi connectivity index (χ3v) is 3.95. The van der Waals surface area contributed by atoms with Gasteiger partial charge in [0.2, 0.25) is 0 Å². The normalized spacial score (nSPS) is 13.7. The van der Waals surface area contributed by atoms with Crippen LogP contribution in [0.1, 0.15) is 40.6 Å². The summed E-state index contributed by atoms with van der Waals surface area (Å²) in [5.74, 6) is 0.178. The molecule has 0 unspecified atom stereocenters. The Hall–Kier alpha value is -2.21. The van der Waals surface area contributed by atoms with E-state index in [1.807, 2.05) is 0 Å². The maximum atomic E-state index is 13.7. The number of methoxy groups -OCH3 is 1. The first-order valence-corrected chi connectivity index (χ1v) is 7.61. The molecule has 1 fully saturated rings. The second-order valence-electron chi connectivity index (χ2n) is 5.30. The molecule has 1 N–H and O–H groups in total. The quantitative estimate of drug-likeness (QED) is 0.847. The number of anilines is 1. The van der Waals surface area contributed by atoms with Crippen LogP contribution in [0.5, 0.6) is 0 Å². The zero-order chi connectivity index (χ0) is 16.4. The molecule has 0 spiro atoms. The standard InChI is InChI=1S/C16H15ClFN3O2/c1-23-16(22)13-12(17)15(21-14(20-13)9-6-7-9)19-8-10-4-2-3-5-11(10)18/h2-5,9H,6-8H2,1H3,(H,19,20,21). The molecule has 1 saturated carbocycles. The molecular formula is C16H15ClFN3O2. The van der Waals surface area contributed by atoms with E-state index in [1.165, 1.54) is 13.2 Å². The summed E-state index contributed by atoms with van der Waals surface area (Å²) in [7, 11) is 1.27. The highest BCUT2D eigenvalue weighted by Gasteiger charge is 2.30. The van der Waals surface area contributed by atoms with Crippen molar-refractivity contribution < 1.29 is 13.9 Å². The SMILES string of the molecule is COC(=O)c1nc(C2CC2)nc(NCc2ccccc2F)c1Cl. The van der Waals surface area contributed by atoms with E-state index in [9.17, 15) is 9.18 Å². The van der Waals surface area contributed by atoms with Crippen LogP contribution in [0.25, 0.3) is 0 Å². The highest BCUT2D eigenvalue weighted by molar-refractivity contribution is 6.35. The van der Waals surface area contributed by atoms with Crippen LogP contribution < -0.4 is 5.32 Å². The molecule has 0 amide bonds. The maximum absolute atomic E-state index is 13.7. The minimum absolute atomic E-state index is 0.0297. The van der Waals surface area contributed by atoms with Gasteiger partial charge in [-0.2, -0.15) is 0 Å². The van der Waals surface area contributed by atoms with E-state index in [0.717, 1.165) is 12.8 Å². The van der Waals surface area contributed by atoms with Crippen LogP contribution in [0.3, 0.4) is 0 Å². The highest BCUT2D eigenvalue weighted by Crippen LogP contribution is 2.39. The number of hydrogen-bond acceptors (Lipinski definition) is 5. The lowest BCUT2D eigenvalue weighted by Crippen LogP contribution is -2.13. The summed E-state index contributed by atoms with van der Waals surface area (Å²) in [4.78, 5) is 20.4. The van der Waals surface area contributed by atoms with Crippen molar-refractivity contribution in [3.05, 3.63) is 52.2 Å². The lowest BCUT2D eigenvalue weighted by Gasteiger charge is -2.12. The smallest absolute Gasteiger partial charge is 0.358 e. The fraction of sp³-hybridized carbons (Fsp3) is 0.312. The molecule has 7 heteroatoms. The number of esters is 1. The van der Waals surface area contributed by atoms with Crippen LogP contribution in [-0.4, -0.2) is 23.0 Å². The van der Waals surface area contributed by atoms with Crippen molar-refractivity contribution in [3.63, 3.8) is 0 Å². The minimum Gasteiger partial charge on any atom is -0.464 e. The Morgan fingerprint density at radius 1 is 1.39 bits per heavy atom. The van der Waals surface area contributed by atoms with Crippen LogP contribution in [0, 0.1) is 5.82 Å². The van der Waals surface area contributed by atoms with E-state index < -0.39 is 5.97 Å². The molecule has 0 radical (unpaired) electrons. The third kappa shape index (κ3) is 3.42. The summed E-state index contributed by atoms with van der Waals surface area (Å²) in [6.07, 6.45) is 1.96. The number of hydrogen-bond donors (Lipinski definition) is 1. The molecule has 0 saturated heterocycles. The Morgan fingerprint density at radius 3 is 2.78 bits per heavy atom. The topological polar surface area (TPSA) is 64.1 Å². The van der Waals surface area contributed by atoms with Crippen molar-refractivity contribution in [1.82, 2.24) is 9.97 Å². The van der Waals surface area contributed by atoms with Gasteiger partial charge in [0, 0.05) is 18.0 Å². The lowest BCUT2D eigenvalue weighted by atomic mass is 10.2. The number of aromatic nitrogens is 2. The number of nitrogens with zero attached hydrogens (tertiary/aromatic N) is 2. The average Bonchev–Trinajstić information content (AvgIpc) is 3.39. The first-order valence-electron chi connectivity index (χ1n) is 7.23. The molecule has 0 atom stereocenters. The number of halogens is 2. The summed E-state index contributed by atoms with van der Waals surface area (Å²) < 4.78 is 18.4. The van der Waals surface area contributed by atoms with Gasteiger partial charge in [-0.3, -0.25) is 0 Å². The van der Waals surface area contributed by atoms with Crippen molar-refractivity contribution >= 4 is 23.4 Å². The molecule has 0 bridgehead atoms. The molecule has 1 aliphatic rings. The zero-order valence-electron chi connectivity index (χ0n) is 12.5. The molecule has 1 aliphatic carbocycles. The number of rotatable bonds is 5. The van der Waals surface area contributed by atoms with E-state index >= 15 is 0 Å². The largest absolute Gasteiger partial charge is 0.464 e. The van der Waals surface area contributed by atoms with E-state index in [1.54, 1.807) is 18.2 Å². The number of carbonyl (C=O) groups excluding carboxylic acids is 1.